The molecule has 2 heterocycles. The van der Waals surface area contributed by atoms with E-state index >= 15 is 0 Å². The van der Waals surface area contributed by atoms with Crippen LogP contribution in [0, 0.1) is 0 Å². The average molecular weight is 431 g/mol. The van der Waals surface area contributed by atoms with Gasteiger partial charge in [0.2, 0.25) is 5.92 Å². The monoisotopic (exact) mass is 431 g/mol. The third kappa shape index (κ3) is 4.78. The van der Waals surface area contributed by atoms with Gasteiger partial charge >= 0.3 is 0 Å². The Morgan fingerprint density at radius 3 is 2.65 bits per heavy atom. The Morgan fingerprint density at radius 2 is 1.84 bits per heavy atom. The van der Waals surface area contributed by atoms with E-state index in [4.69, 9.17) is 0 Å². The van der Waals surface area contributed by atoms with Crippen LogP contribution >= 0.6 is 0 Å². The predicted octanol–water partition coefficient (Wildman–Crippen LogP) is 6.05. The minimum atomic E-state index is -2.75. The fraction of sp³-hybridized carbons (Fsp3) is 0.304. The maximum absolute atomic E-state index is 13.9. The minimum absolute atomic E-state index is 0.0689. The van der Waals surface area contributed by atoms with Gasteiger partial charge in [-0.1, -0.05) is 30.3 Å². The lowest BCUT2D eigenvalue weighted by Gasteiger charge is -2.24. The van der Waals surface area contributed by atoms with Gasteiger partial charge in [0, 0.05) is 42.6 Å². The van der Waals surface area contributed by atoms with E-state index in [1.807, 2.05) is 12.1 Å². The lowest BCUT2D eigenvalue weighted by atomic mass is 10.1. The summed E-state index contributed by atoms with van der Waals surface area (Å²) in [4.78, 5) is 19.4. The van der Waals surface area contributed by atoms with E-state index in [0.29, 0.717) is 17.9 Å². The molecule has 0 spiro atoms. The number of benzene rings is 2. The number of pyridine rings is 1. The molecule has 3 aromatic rings. The van der Waals surface area contributed by atoms with Crippen molar-refractivity contribution in [3.63, 3.8) is 0 Å². The quantitative estimate of drug-likeness (QED) is 0.512. The highest BCUT2D eigenvalue weighted by molar-refractivity contribution is 6.09. The Balaban J connectivity index is 1.71. The molecule has 8 heteroatoms. The number of hydrogen-bond acceptors (Lipinski definition) is 3. The fourth-order valence-corrected chi connectivity index (χ4v) is 3.74. The molecule has 0 aliphatic carbocycles. The van der Waals surface area contributed by atoms with Crippen molar-refractivity contribution in [2.75, 3.05) is 23.3 Å². The van der Waals surface area contributed by atoms with Crippen LogP contribution in [0.5, 0.6) is 0 Å². The smallest absolute Gasteiger partial charge is 0.263 e. The summed E-state index contributed by atoms with van der Waals surface area (Å²) in [5.41, 5.74) is 0.879. The summed E-state index contributed by atoms with van der Waals surface area (Å²) in [6, 6.07) is 14.3. The lowest BCUT2D eigenvalue weighted by molar-refractivity contribution is -0.0102. The number of aromatic nitrogens is 1. The zero-order valence-electron chi connectivity index (χ0n) is 16.6. The van der Waals surface area contributed by atoms with Crippen LogP contribution in [-0.2, 0) is 0 Å². The van der Waals surface area contributed by atoms with Gasteiger partial charge in [0.05, 0.1) is 11.1 Å². The number of carbonyl (C=O) groups excluding carboxylic acids is 1. The Kier molecular flexibility index (Phi) is 5.80. The van der Waals surface area contributed by atoms with Crippen molar-refractivity contribution in [2.24, 2.45) is 0 Å². The van der Waals surface area contributed by atoms with Crippen molar-refractivity contribution in [3.8, 4) is 0 Å². The summed E-state index contributed by atoms with van der Waals surface area (Å²) < 4.78 is 53.7. The molecule has 0 saturated carbocycles. The molecule has 1 aliphatic heterocycles. The van der Waals surface area contributed by atoms with Gasteiger partial charge < -0.3 is 10.2 Å². The van der Waals surface area contributed by atoms with Crippen LogP contribution in [0.25, 0.3) is 10.9 Å². The fourth-order valence-electron chi connectivity index (χ4n) is 3.74. The number of fused-ring (bicyclic) bond motifs is 1. The number of carbonyl (C=O) groups is 1. The molecule has 1 aromatic heterocycles. The first kappa shape index (κ1) is 21.1. The first-order chi connectivity index (χ1) is 14.8. The van der Waals surface area contributed by atoms with Crippen molar-refractivity contribution < 1.29 is 22.4 Å². The minimum Gasteiger partial charge on any atom is -0.356 e. The summed E-state index contributed by atoms with van der Waals surface area (Å²) in [7, 11) is 0. The van der Waals surface area contributed by atoms with Crippen LogP contribution in [0.1, 0.15) is 41.6 Å². The molecule has 0 unspecified atom stereocenters. The van der Waals surface area contributed by atoms with Crippen molar-refractivity contribution >= 4 is 28.3 Å². The van der Waals surface area contributed by atoms with Crippen LogP contribution in [-0.4, -0.2) is 29.9 Å². The first-order valence-electron chi connectivity index (χ1n) is 10.0. The highest BCUT2D eigenvalue weighted by atomic mass is 19.3. The van der Waals surface area contributed by atoms with Crippen molar-refractivity contribution in [2.45, 2.75) is 31.6 Å². The van der Waals surface area contributed by atoms with Crippen LogP contribution in [0.4, 0.5) is 29.1 Å². The number of rotatable bonds is 4. The maximum Gasteiger partial charge on any atom is 0.263 e. The highest BCUT2D eigenvalue weighted by Crippen LogP contribution is 2.32. The van der Waals surface area contributed by atoms with Gasteiger partial charge in [-0.3, -0.25) is 4.79 Å². The molecule has 1 aliphatic rings. The second-order valence-electron chi connectivity index (χ2n) is 7.63. The summed E-state index contributed by atoms with van der Waals surface area (Å²) in [6.45, 7) is 0.418. The van der Waals surface area contributed by atoms with Crippen LogP contribution < -0.4 is 10.2 Å². The van der Waals surface area contributed by atoms with E-state index < -0.39 is 18.3 Å². The molecule has 0 atom stereocenters. The highest BCUT2D eigenvalue weighted by Gasteiger charge is 2.33. The Labute approximate surface area is 176 Å². The maximum atomic E-state index is 13.9. The van der Waals surface area contributed by atoms with E-state index in [-0.39, 0.29) is 42.6 Å². The molecule has 2 aromatic carbocycles. The SMILES string of the molecule is O=C(Nc1cccc(C(F)F)c1)c1cc2ccccc2nc1N1CCCC(F)(F)CC1. The molecule has 0 radical (unpaired) electrons. The Hall–Kier alpha value is -3.16. The van der Waals surface area contributed by atoms with Gasteiger partial charge in [-0.2, -0.15) is 0 Å². The number of amides is 1. The number of alkyl halides is 4. The van der Waals surface area contributed by atoms with E-state index in [1.165, 1.54) is 24.3 Å². The molecule has 1 fully saturated rings. The van der Waals surface area contributed by atoms with Crippen molar-refractivity contribution in [3.05, 3.63) is 65.7 Å². The van der Waals surface area contributed by atoms with Crippen LogP contribution in [0.2, 0.25) is 0 Å². The number of nitrogens with zero attached hydrogens (tertiary/aromatic N) is 2. The first-order valence-corrected chi connectivity index (χ1v) is 10.0. The number of anilines is 2. The normalized spacial score (nSPS) is 16.4. The summed E-state index contributed by atoms with van der Waals surface area (Å²) >= 11 is 0. The second kappa shape index (κ2) is 8.53. The molecule has 162 valence electrons. The Bertz CT molecular complexity index is 1100. The summed E-state index contributed by atoms with van der Waals surface area (Å²) in [6.07, 6.45) is -2.91. The van der Waals surface area contributed by atoms with Crippen molar-refractivity contribution in [1.82, 2.24) is 4.98 Å². The summed E-state index contributed by atoms with van der Waals surface area (Å²) in [5.74, 6) is -2.96. The Morgan fingerprint density at radius 1 is 1.03 bits per heavy atom. The largest absolute Gasteiger partial charge is 0.356 e. The lowest BCUT2D eigenvalue weighted by Crippen LogP contribution is -2.29. The number of nitrogens with one attached hydrogen (secondary N) is 1. The molecule has 1 amide bonds. The molecule has 4 nitrogen and oxygen atoms in total. The molecular weight excluding hydrogens is 410 g/mol. The molecule has 1 N–H and O–H groups in total. The van der Waals surface area contributed by atoms with Gasteiger partial charge in [0.15, 0.2) is 0 Å². The molecule has 31 heavy (non-hydrogen) atoms. The van der Waals surface area contributed by atoms with Gasteiger partial charge in [-0.25, -0.2) is 22.5 Å². The summed E-state index contributed by atoms with van der Waals surface area (Å²) in [5, 5.41) is 3.36. The molecular formula is C23H21F4N3O. The third-order valence-electron chi connectivity index (χ3n) is 5.36. The van der Waals surface area contributed by atoms with Gasteiger partial charge in [0.25, 0.3) is 12.3 Å². The van der Waals surface area contributed by atoms with Crippen LogP contribution in [0.15, 0.2) is 54.6 Å². The third-order valence-corrected chi connectivity index (χ3v) is 5.36. The van der Waals surface area contributed by atoms with E-state index in [1.54, 1.807) is 23.1 Å². The van der Waals surface area contributed by atoms with Crippen molar-refractivity contribution in [1.29, 1.82) is 0 Å². The van der Waals surface area contributed by atoms with Crippen LogP contribution in [0.3, 0.4) is 0 Å². The van der Waals surface area contributed by atoms with Gasteiger partial charge in [-0.15, -0.1) is 0 Å². The average Bonchev–Trinajstić information content (AvgIpc) is 2.93. The number of para-hydroxylation sites is 1. The number of hydrogen-bond donors (Lipinski definition) is 1. The standard InChI is InChI=1S/C23H21F4N3O/c24-20(25)16-6-3-7-17(13-16)28-22(31)18-14-15-5-1-2-8-19(15)29-21(18)30-11-4-9-23(26,27)10-12-30/h1-3,5-8,13-14,20H,4,9-12H2,(H,28,31). The zero-order valence-corrected chi connectivity index (χ0v) is 16.6. The second-order valence-corrected chi connectivity index (χ2v) is 7.63. The van der Waals surface area contributed by atoms with E-state index in [2.05, 4.69) is 10.3 Å². The molecule has 0 bridgehead atoms. The van der Waals surface area contributed by atoms with Gasteiger partial charge in [-0.05, 0) is 30.7 Å². The van der Waals surface area contributed by atoms with E-state index in [0.717, 1.165) is 5.39 Å². The van der Waals surface area contributed by atoms with Gasteiger partial charge in [0.1, 0.15) is 5.82 Å². The molecule has 1 saturated heterocycles. The molecule has 4 rings (SSSR count). The predicted molar refractivity (Wildman–Crippen MR) is 112 cm³/mol. The van der Waals surface area contributed by atoms with E-state index in [9.17, 15) is 22.4 Å². The number of halogens is 4. The zero-order chi connectivity index (χ0) is 22.0. The topological polar surface area (TPSA) is 45.2 Å².